The first-order valence-corrected chi connectivity index (χ1v) is 11.6. The summed E-state index contributed by atoms with van der Waals surface area (Å²) in [6.07, 6.45) is 3.88. The Morgan fingerprint density at radius 2 is 1.85 bits per heavy atom. The summed E-state index contributed by atoms with van der Waals surface area (Å²) in [6, 6.07) is 17.3. The Bertz CT molecular complexity index is 899. The Balaban J connectivity index is 1.26. The number of carbonyl (C=O) groups excluding carboxylic acids is 2. The van der Waals surface area contributed by atoms with Crippen molar-refractivity contribution in [3.63, 3.8) is 0 Å². The van der Waals surface area contributed by atoms with Gasteiger partial charge in [-0.15, -0.1) is 0 Å². The van der Waals surface area contributed by atoms with E-state index in [4.69, 9.17) is 26.4 Å². The lowest BCUT2D eigenvalue weighted by molar-refractivity contribution is -0.145. The van der Waals surface area contributed by atoms with E-state index in [0.29, 0.717) is 13.2 Å². The van der Waals surface area contributed by atoms with Gasteiger partial charge in [0.05, 0.1) is 19.1 Å². The normalized spacial score (nSPS) is 15.0. The van der Waals surface area contributed by atoms with Crippen LogP contribution in [0.2, 0.25) is 0 Å². The summed E-state index contributed by atoms with van der Waals surface area (Å²) in [5, 5.41) is 5.69. The standard InChI is InChI=1S/C25H30N2O5S/c28-23(14-15-24(29)31-17-4-8-19-6-2-1-3-7-19)27-25(33)26-20-10-12-21(13-11-20)32-18-22-9-5-16-30-22/h1-3,6-7,10-13,22H,4-5,8-9,14-18H2,(H2,26,27,28,33). The molecule has 7 nitrogen and oxygen atoms in total. The van der Waals surface area contributed by atoms with E-state index >= 15 is 0 Å². The highest BCUT2D eigenvalue weighted by Gasteiger charge is 2.16. The number of rotatable bonds is 11. The molecule has 0 aromatic heterocycles. The van der Waals surface area contributed by atoms with Crippen LogP contribution in [0.25, 0.3) is 0 Å². The highest BCUT2D eigenvalue weighted by Crippen LogP contribution is 2.18. The lowest BCUT2D eigenvalue weighted by Gasteiger charge is -2.13. The summed E-state index contributed by atoms with van der Waals surface area (Å²) in [5.41, 5.74) is 1.93. The molecule has 1 saturated heterocycles. The summed E-state index contributed by atoms with van der Waals surface area (Å²) >= 11 is 5.17. The van der Waals surface area contributed by atoms with Crippen LogP contribution < -0.4 is 15.4 Å². The number of nitrogens with one attached hydrogen (secondary N) is 2. The largest absolute Gasteiger partial charge is 0.491 e. The fraction of sp³-hybridized carbons (Fsp3) is 0.400. The maximum absolute atomic E-state index is 12.1. The summed E-state index contributed by atoms with van der Waals surface area (Å²) in [5.74, 6) is 0.00854. The third kappa shape index (κ3) is 9.59. The zero-order chi connectivity index (χ0) is 23.3. The van der Waals surface area contributed by atoms with Gasteiger partial charge in [-0.2, -0.15) is 0 Å². The summed E-state index contributed by atoms with van der Waals surface area (Å²) in [7, 11) is 0. The van der Waals surface area contributed by atoms with Gasteiger partial charge in [0.15, 0.2) is 5.11 Å². The molecule has 1 aliphatic rings. The number of aryl methyl sites for hydroxylation is 1. The summed E-state index contributed by atoms with van der Waals surface area (Å²) in [4.78, 5) is 23.9. The molecule has 1 unspecified atom stereocenters. The Morgan fingerprint density at radius 1 is 1.06 bits per heavy atom. The highest BCUT2D eigenvalue weighted by atomic mass is 32.1. The molecule has 0 saturated carbocycles. The van der Waals surface area contributed by atoms with Crippen molar-refractivity contribution in [2.75, 3.05) is 25.1 Å². The molecule has 176 valence electrons. The van der Waals surface area contributed by atoms with Crippen molar-refractivity contribution in [3.05, 3.63) is 60.2 Å². The van der Waals surface area contributed by atoms with Gasteiger partial charge in [0.2, 0.25) is 5.91 Å². The number of carbonyl (C=O) groups is 2. The van der Waals surface area contributed by atoms with Gasteiger partial charge in [-0.05, 0) is 67.7 Å². The maximum Gasteiger partial charge on any atom is 0.306 e. The van der Waals surface area contributed by atoms with Crippen LogP contribution in [0.15, 0.2) is 54.6 Å². The second-order valence-electron chi connectivity index (χ2n) is 7.78. The van der Waals surface area contributed by atoms with Gasteiger partial charge in [0, 0.05) is 18.7 Å². The van der Waals surface area contributed by atoms with Crippen LogP contribution in [0, 0.1) is 0 Å². The molecular weight excluding hydrogens is 440 g/mol. The average molecular weight is 471 g/mol. The Kier molecular flexibility index (Phi) is 10.1. The first-order valence-electron chi connectivity index (χ1n) is 11.2. The number of thiocarbonyl (C=S) groups is 1. The van der Waals surface area contributed by atoms with Crippen LogP contribution in [-0.2, 0) is 25.5 Å². The fourth-order valence-corrected chi connectivity index (χ4v) is 3.58. The first kappa shape index (κ1) is 24.7. The lowest BCUT2D eigenvalue weighted by atomic mass is 10.1. The smallest absolute Gasteiger partial charge is 0.306 e. The number of esters is 1. The number of ether oxygens (including phenoxy) is 3. The highest BCUT2D eigenvalue weighted by molar-refractivity contribution is 7.80. The van der Waals surface area contributed by atoms with Crippen molar-refractivity contribution >= 4 is 34.9 Å². The number of hydrogen-bond donors (Lipinski definition) is 2. The van der Waals surface area contributed by atoms with Crippen molar-refractivity contribution in [1.82, 2.24) is 5.32 Å². The molecule has 1 atom stereocenters. The van der Waals surface area contributed by atoms with E-state index in [0.717, 1.165) is 43.7 Å². The number of anilines is 1. The molecule has 1 fully saturated rings. The average Bonchev–Trinajstić information content (AvgIpc) is 3.34. The van der Waals surface area contributed by atoms with Gasteiger partial charge in [0.1, 0.15) is 12.4 Å². The van der Waals surface area contributed by atoms with E-state index in [1.54, 1.807) is 0 Å². The molecule has 0 spiro atoms. The van der Waals surface area contributed by atoms with Gasteiger partial charge < -0.3 is 24.8 Å². The molecule has 1 heterocycles. The third-order valence-electron chi connectivity index (χ3n) is 5.10. The monoisotopic (exact) mass is 470 g/mol. The molecule has 1 aliphatic heterocycles. The van der Waals surface area contributed by atoms with Gasteiger partial charge in [-0.3, -0.25) is 9.59 Å². The quantitative estimate of drug-likeness (QED) is 0.291. The summed E-state index contributed by atoms with van der Waals surface area (Å²) < 4.78 is 16.5. The number of amides is 1. The number of benzene rings is 2. The predicted octanol–water partition coefficient (Wildman–Crippen LogP) is 4.01. The molecule has 3 rings (SSSR count). The zero-order valence-corrected chi connectivity index (χ0v) is 19.4. The van der Waals surface area contributed by atoms with Crippen LogP contribution in [-0.4, -0.2) is 42.9 Å². The Hall–Kier alpha value is -2.97. The summed E-state index contributed by atoms with van der Waals surface area (Å²) in [6.45, 7) is 1.68. The van der Waals surface area contributed by atoms with Crippen molar-refractivity contribution in [3.8, 4) is 5.75 Å². The van der Waals surface area contributed by atoms with Crippen LogP contribution in [0.3, 0.4) is 0 Å². The Labute approximate surface area is 199 Å². The minimum atomic E-state index is -0.393. The second-order valence-corrected chi connectivity index (χ2v) is 8.19. The molecule has 0 bridgehead atoms. The molecule has 2 N–H and O–H groups in total. The van der Waals surface area contributed by atoms with E-state index in [2.05, 4.69) is 10.6 Å². The lowest BCUT2D eigenvalue weighted by Crippen LogP contribution is -2.34. The topological polar surface area (TPSA) is 85.9 Å². The van der Waals surface area contributed by atoms with E-state index in [9.17, 15) is 9.59 Å². The minimum Gasteiger partial charge on any atom is -0.491 e. The van der Waals surface area contributed by atoms with Crippen LogP contribution in [0.4, 0.5) is 5.69 Å². The van der Waals surface area contributed by atoms with Gasteiger partial charge in [-0.25, -0.2) is 0 Å². The molecule has 8 heteroatoms. The zero-order valence-electron chi connectivity index (χ0n) is 18.6. The molecule has 0 aliphatic carbocycles. The van der Waals surface area contributed by atoms with Gasteiger partial charge in [-0.1, -0.05) is 30.3 Å². The molecular formula is C25H30N2O5S. The molecule has 0 radical (unpaired) electrons. The third-order valence-corrected chi connectivity index (χ3v) is 5.30. The predicted molar refractivity (Wildman–Crippen MR) is 130 cm³/mol. The maximum atomic E-state index is 12.1. The van der Waals surface area contributed by atoms with E-state index in [1.807, 2.05) is 54.6 Å². The Morgan fingerprint density at radius 3 is 2.58 bits per heavy atom. The van der Waals surface area contributed by atoms with Crippen molar-refractivity contribution < 1.29 is 23.8 Å². The van der Waals surface area contributed by atoms with E-state index in [-0.39, 0.29) is 30.0 Å². The SMILES string of the molecule is O=C(CCC(=O)OCCCc1ccccc1)NC(=S)Nc1ccc(OCC2CCCO2)cc1. The minimum absolute atomic E-state index is 0.00928. The van der Waals surface area contributed by atoms with Crippen molar-refractivity contribution in [2.24, 2.45) is 0 Å². The number of hydrogen-bond acceptors (Lipinski definition) is 6. The van der Waals surface area contributed by atoms with Crippen LogP contribution in [0.1, 0.15) is 37.7 Å². The van der Waals surface area contributed by atoms with E-state index in [1.165, 1.54) is 5.56 Å². The fourth-order valence-electron chi connectivity index (χ4n) is 3.35. The second kappa shape index (κ2) is 13.5. The van der Waals surface area contributed by atoms with Gasteiger partial charge in [0.25, 0.3) is 0 Å². The van der Waals surface area contributed by atoms with E-state index < -0.39 is 5.97 Å². The van der Waals surface area contributed by atoms with Crippen molar-refractivity contribution in [1.29, 1.82) is 0 Å². The molecule has 1 amide bonds. The first-order chi connectivity index (χ1) is 16.1. The van der Waals surface area contributed by atoms with Crippen molar-refractivity contribution in [2.45, 2.75) is 44.6 Å². The molecule has 33 heavy (non-hydrogen) atoms. The molecule has 2 aromatic rings. The van der Waals surface area contributed by atoms with Crippen LogP contribution >= 0.6 is 12.2 Å². The van der Waals surface area contributed by atoms with Crippen LogP contribution in [0.5, 0.6) is 5.75 Å². The van der Waals surface area contributed by atoms with Gasteiger partial charge >= 0.3 is 5.97 Å². The molecule has 2 aromatic carbocycles.